The molecule has 0 radical (unpaired) electrons. The Kier molecular flexibility index (Phi) is 6.12. The number of amides is 2. The lowest BCUT2D eigenvalue weighted by Gasteiger charge is -2.29. The minimum atomic E-state index is -0.138. The van der Waals surface area contributed by atoms with Crippen molar-refractivity contribution < 1.29 is 19.2 Å². The van der Waals surface area contributed by atoms with Crippen LogP contribution in [0.1, 0.15) is 24.8 Å². The minimum absolute atomic E-state index is 0.0155. The van der Waals surface area contributed by atoms with Crippen LogP contribution in [-0.4, -0.2) is 56.7 Å². The molecule has 0 bridgehead atoms. The van der Waals surface area contributed by atoms with Crippen molar-refractivity contribution in [1.29, 1.82) is 0 Å². The highest BCUT2D eigenvalue weighted by Gasteiger charge is 2.22. The predicted molar refractivity (Wildman–Crippen MR) is 98.2 cm³/mol. The van der Waals surface area contributed by atoms with Crippen molar-refractivity contribution in [3.8, 4) is 5.75 Å². The summed E-state index contributed by atoms with van der Waals surface area (Å²) >= 11 is 0. The van der Waals surface area contributed by atoms with E-state index in [-0.39, 0.29) is 24.8 Å². The second kappa shape index (κ2) is 8.71. The number of carbonyl (C=O) groups is 2. The Morgan fingerprint density at radius 2 is 2.00 bits per heavy atom. The molecule has 0 spiro atoms. The first kappa shape index (κ1) is 18.3. The molecule has 26 heavy (non-hydrogen) atoms. The van der Waals surface area contributed by atoms with Gasteiger partial charge in [-0.25, -0.2) is 5.01 Å². The summed E-state index contributed by atoms with van der Waals surface area (Å²) < 4.78 is 5.16. The third-order valence-corrected chi connectivity index (χ3v) is 4.85. The Morgan fingerprint density at radius 1 is 1.27 bits per heavy atom. The molecule has 3 N–H and O–H groups in total. The van der Waals surface area contributed by atoms with Crippen LogP contribution in [-0.2, 0) is 9.59 Å². The zero-order chi connectivity index (χ0) is 18.4. The summed E-state index contributed by atoms with van der Waals surface area (Å²) in [6.45, 7) is 4.00. The number of carbonyl (C=O) groups excluding carboxylic acids is 2. The molecule has 3 rings (SSSR count). The molecular weight excluding hydrogens is 332 g/mol. The van der Waals surface area contributed by atoms with E-state index in [0.717, 1.165) is 23.6 Å². The lowest BCUT2D eigenvalue weighted by atomic mass is 10.1. The third-order valence-electron chi connectivity index (χ3n) is 4.85. The number of quaternary nitrogens is 1. The van der Waals surface area contributed by atoms with Crippen molar-refractivity contribution in [1.82, 2.24) is 15.8 Å². The number of hydrazine groups is 1. The number of benzene rings is 1. The molecule has 0 aromatic heterocycles. The van der Waals surface area contributed by atoms with Crippen molar-refractivity contribution in [3.63, 3.8) is 0 Å². The van der Waals surface area contributed by atoms with E-state index < -0.39 is 0 Å². The Hall–Kier alpha value is -2.54. The molecule has 1 saturated heterocycles. The van der Waals surface area contributed by atoms with Crippen molar-refractivity contribution in [2.75, 3.05) is 39.8 Å². The molecule has 140 valence electrons. The maximum absolute atomic E-state index is 12.2. The van der Waals surface area contributed by atoms with Gasteiger partial charge in [-0.05, 0) is 35.9 Å². The van der Waals surface area contributed by atoms with Gasteiger partial charge in [0.2, 0.25) is 11.8 Å². The number of hydrogen-bond acceptors (Lipinski definition) is 4. The van der Waals surface area contributed by atoms with Crippen LogP contribution < -0.4 is 20.4 Å². The van der Waals surface area contributed by atoms with Crippen LogP contribution in [0.3, 0.4) is 0 Å². The third kappa shape index (κ3) is 4.76. The molecule has 2 heterocycles. The number of nitrogens with zero attached hydrogens (tertiary/aromatic N) is 1. The van der Waals surface area contributed by atoms with Gasteiger partial charge in [0.25, 0.3) is 0 Å². The monoisotopic (exact) mass is 359 g/mol. The standard InChI is InChI=1S/C19H26N4O3/c1-26-16-6-4-15(5-7-16)17-8-9-19(25)23(21-17)14-18(24)20-10-13-22-11-2-3-12-22/h4-8,21H,2-3,9-14H2,1H3,(H,20,24)/p+1. The van der Waals surface area contributed by atoms with E-state index in [4.69, 9.17) is 4.74 Å². The van der Waals surface area contributed by atoms with E-state index in [2.05, 4.69) is 10.7 Å². The number of nitrogens with one attached hydrogen (secondary N) is 3. The van der Waals surface area contributed by atoms with Crippen molar-refractivity contribution in [3.05, 3.63) is 35.9 Å². The van der Waals surface area contributed by atoms with E-state index in [1.54, 1.807) is 12.0 Å². The van der Waals surface area contributed by atoms with Gasteiger partial charge in [0, 0.05) is 19.3 Å². The van der Waals surface area contributed by atoms with Crippen LogP contribution in [0.5, 0.6) is 5.75 Å². The normalized spacial score (nSPS) is 17.7. The fraction of sp³-hybridized carbons (Fsp3) is 0.474. The molecule has 1 fully saturated rings. The quantitative estimate of drug-likeness (QED) is 0.618. The fourth-order valence-corrected chi connectivity index (χ4v) is 3.34. The number of methoxy groups -OCH3 is 1. The van der Waals surface area contributed by atoms with Crippen LogP contribution in [0, 0.1) is 0 Å². The molecule has 7 heteroatoms. The first-order valence-corrected chi connectivity index (χ1v) is 9.17. The molecular formula is C19H27N4O3+. The van der Waals surface area contributed by atoms with E-state index in [1.165, 1.54) is 30.9 Å². The highest BCUT2D eigenvalue weighted by Crippen LogP contribution is 2.20. The summed E-state index contributed by atoms with van der Waals surface area (Å²) in [5, 5.41) is 4.30. The summed E-state index contributed by atoms with van der Waals surface area (Å²) in [6, 6.07) is 7.58. The van der Waals surface area contributed by atoms with Gasteiger partial charge in [-0.1, -0.05) is 0 Å². The van der Waals surface area contributed by atoms with Crippen LogP contribution in [0.25, 0.3) is 5.70 Å². The summed E-state index contributed by atoms with van der Waals surface area (Å²) in [5.41, 5.74) is 4.82. The number of rotatable bonds is 7. The summed E-state index contributed by atoms with van der Waals surface area (Å²) in [7, 11) is 1.62. The molecule has 0 aliphatic carbocycles. The highest BCUT2D eigenvalue weighted by atomic mass is 16.5. The molecule has 2 aliphatic heterocycles. The Labute approximate surface area is 154 Å². The molecule has 0 unspecified atom stereocenters. The van der Waals surface area contributed by atoms with Gasteiger partial charge in [-0.15, -0.1) is 0 Å². The lowest BCUT2D eigenvalue weighted by Crippen LogP contribution is -3.10. The van der Waals surface area contributed by atoms with Crippen LogP contribution in [0.4, 0.5) is 0 Å². The van der Waals surface area contributed by atoms with Crippen molar-refractivity contribution in [2.24, 2.45) is 0 Å². The van der Waals surface area contributed by atoms with E-state index in [9.17, 15) is 9.59 Å². The maximum Gasteiger partial charge on any atom is 0.245 e. The van der Waals surface area contributed by atoms with Crippen LogP contribution in [0.2, 0.25) is 0 Å². The molecule has 0 atom stereocenters. The lowest BCUT2D eigenvalue weighted by molar-refractivity contribution is -0.886. The van der Waals surface area contributed by atoms with Gasteiger partial charge in [-0.3, -0.25) is 15.0 Å². The van der Waals surface area contributed by atoms with Crippen LogP contribution in [0.15, 0.2) is 30.3 Å². The molecule has 1 aromatic carbocycles. The predicted octanol–water partition coefficient (Wildman–Crippen LogP) is -0.432. The van der Waals surface area contributed by atoms with Gasteiger partial charge in [0.1, 0.15) is 12.3 Å². The highest BCUT2D eigenvalue weighted by molar-refractivity contribution is 5.88. The Balaban J connectivity index is 1.50. The topological polar surface area (TPSA) is 75.1 Å². The second-order valence-electron chi connectivity index (χ2n) is 6.70. The van der Waals surface area contributed by atoms with Crippen molar-refractivity contribution >= 4 is 17.5 Å². The van der Waals surface area contributed by atoms with Gasteiger partial charge < -0.3 is 15.0 Å². The van der Waals surface area contributed by atoms with Crippen LogP contribution >= 0.6 is 0 Å². The molecule has 7 nitrogen and oxygen atoms in total. The van der Waals surface area contributed by atoms with Gasteiger partial charge in [0.05, 0.1) is 39.0 Å². The Morgan fingerprint density at radius 3 is 2.69 bits per heavy atom. The largest absolute Gasteiger partial charge is 0.497 e. The maximum atomic E-state index is 12.2. The molecule has 2 amide bonds. The second-order valence-corrected chi connectivity index (χ2v) is 6.70. The van der Waals surface area contributed by atoms with E-state index in [1.807, 2.05) is 30.3 Å². The SMILES string of the molecule is COc1ccc(C2=CCC(=O)N(CC(=O)NCC[NH+]3CCCC3)N2)cc1. The molecule has 1 aromatic rings. The van der Waals surface area contributed by atoms with Crippen molar-refractivity contribution in [2.45, 2.75) is 19.3 Å². The average Bonchev–Trinajstić information content (AvgIpc) is 3.17. The van der Waals surface area contributed by atoms with E-state index >= 15 is 0 Å². The Bertz CT molecular complexity index is 666. The molecule has 0 saturated carbocycles. The van der Waals surface area contributed by atoms with Gasteiger partial charge in [0.15, 0.2) is 0 Å². The van der Waals surface area contributed by atoms with Gasteiger partial charge >= 0.3 is 0 Å². The molecule has 2 aliphatic rings. The fourth-order valence-electron chi connectivity index (χ4n) is 3.34. The summed E-state index contributed by atoms with van der Waals surface area (Å²) in [6.07, 6.45) is 4.67. The number of hydrogen-bond donors (Lipinski definition) is 3. The zero-order valence-electron chi connectivity index (χ0n) is 15.2. The van der Waals surface area contributed by atoms with E-state index in [0.29, 0.717) is 6.54 Å². The first-order chi connectivity index (χ1) is 12.7. The zero-order valence-corrected chi connectivity index (χ0v) is 15.2. The number of likely N-dealkylation sites (tertiary alicyclic amines) is 1. The first-order valence-electron chi connectivity index (χ1n) is 9.17. The number of ether oxygens (including phenoxy) is 1. The average molecular weight is 359 g/mol. The summed E-state index contributed by atoms with van der Waals surface area (Å²) in [5.74, 6) is 0.528. The smallest absolute Gasteiger partial charge is 0.245 e. The van der Waals surface area contributed by atoms with Gasteiger partial charge in [-0.2, -0.15) is 0 Å². The summed E-state index contributed by atoms with van der Waals surface area (Å²) in [4.78, 5) is 25.8. The minimum Gasteiger partial charge on any atom is -0.497 e.